The summed E-state index contributed by atoms with van der Waals surface area (Å²) in [5.74, 6) is 0. The number of rotatable bonds is 8. The first-order valence-corrected chi connectivity index (χ1v) is 8.14. The number of hydrogen-bond acceptors (Lipinski definition) is 3. The van der Waals surface area contributed by atoms with Crippen molar-refractivity contribution in [2.75, 3.05) is 26.9 Å². The van der Waals surface area contributed by atoms with Gasteiger partial charge in [-0.25, -0.2) is 0 Å². The van der Waals surface area contributed by atoms with Gasteiger partial charge in [0.1, 0.15) is 0 Å². The summed E-state index contributed by atoms with van der Waals surface area (Å²) in [5, 5.41) is 3.68. The Bertz CT molecular complexity index is 410. The van der Waals surface area contributed by atoms with Crippen LogP contribution in [0.3, 0.4) is 0 Å². The molecule has 1 aromatic rings. The average molecular weight is 291 g/mol. The van der Waals surface area contributed by atoms with Gasteiger partial charge in [0.25, 0.3) is 0 Å². The van der Waals surface area contributed by atoms with E-state index in [1.54, 1.807) is 7.11 Å². The summed E-state index contributed by atoms with van der Waals surface area (Å²) in [6.45, 7) is 7.13. The van der Waals surface area contributed by atoms with Crippen LogP contribution >= 0.6 is 0 Å². The molecule has 1 saturated heterocycles. The van der Waals surface area contributed by atoms with E-state index < -0.39 is 0 Å². The summed E-state index contributed by atoms with van der Waals surface area (Å²) in [6.07, 6.45) is 4.39. The van der Waals surface area contributed by atoms with E-state index in [4.69, 9.17) is 9.47 Å². The summed E-state index contributed by atoms with van der Waals surface area (Å²) in [4.78, 5) is 0. The molecule has 1 N–H and O–H groups in total. The summed E-state index contributed by atoms with van der Waals surface area (Å²) in [7, 11) is 1.75. The van der Waals surface area contributed by atoms with E-state index in [2.05, 4.69) is 43.4 Å². The van der Waals surface area contributed by atoms with E-state index in [-0.39, 0.29) is 11.6 Å². The second-order valence-electron chi connectivity index (χ2n) is 6.14. The fraction of sp³-hybridized carbons (Fsp3) is 0.667. The molecule has 1 aromatic carbocycles. The van der Waals surface area contributed by atoms with Gasteiger partial charge in [-0.15, -0.1) is 0 Å². The highest BCUT2D eigenvalue weighted by molar-refractivity contribution is 5.27. The topological polar surface area (TPSA) is 30.5 Å². The number of hydrogen-bond donors (Lipinski definition) is 1. The van der Waals surface area contributed by atoms with Gasteiger partial charge >= 0.3 is 0 Å². The molecule has 1 aliphatic rings. The lowest BCUT2D eigenvalue weighted by molar-refractivity contribution is -0.0124. The minimum atomic E-state index is -0.0801. The third-order valence-electron chi connectivity index (χ3n) is 4.37. The van der Waals surface area contributed by atoms with Crippen molar-refractivity contribution in [2.45, 2.75) is 51.2 Å². The second-order valence-corrected chi connectivity index (χ2v) is 6.14. The molecule has 2 unspecified atom stereocenters. The van der Waals surface area contributed by atoms with Crippen molar-refractivity contribution in [3.05, 3.63) is 35.4 Å². The minimum Gasteiger partial charge on any atom is -0.384 e. The Balaban J connectivity index is 2.12. The maximum atomic E-state index is 6.07. The quantitative estimate of drug-likeness (QED) is 0.795. The average Bonchev–Trinajstić information content (AvgIpc) is 2.94. The number of methoxy groups -OCH3 is 1. The Morgan fingerprint density at radius 1 is 1.33 bits per heavy atom. The first-order valence-electron chi connectivity index (χ1n) is 8.14. The molecule has 1 aliphatic heterocycles. The highest BCUT2D eigenvalue weighted by atomic mass is 16.5. The Morgan fingerprint density at radius 2 is 2.10 bits per heavy atom. The van der Waals surface area contributed by atoms with Crippen molar-refractivity contribution < 1.29 is 9.47 Å². The molecule has 0 aromatic heterocycles. The molecule has 0 saturated carbocycles. The normalized spacial score (nSPS) is 23.4. The predicted molar refractivity (Wildman–Crippen MR) is 86.6 cm³/mol. The summed E-state index contributed by atoms with van der Waals surface area (Å²) >= 11 is 0. The van der Waals surface area contributed by atoms with Crippen LogP contribution < -0.4 is 5.32 Å². The fourth-order valence-corrected chi connectivity index (χ4v) is 3.10. The van der Waals surface area contributed by atoms with Gasteiger partial charge in [0.15, 0.2) is 0 Å². The Kier molecular flexibility index (Phi) is 6.22. The van der Waals surface area contributed by atoms with Crippen LogP contribution in [0.15, 0.2) is 24.3 Å². The third-order valence-corrected chi connectivity index (χ3v) is 4.37. The number of ether oxygens (including phenoxy) is 2. The standard InChI is InChI=1S/C18H29NO2/c1-4-12-19-17(18(2)11-5-13-21-18)16-8-6-15(7-9-16)10-14-20-3/h6-9,17,19H,4-5,10-14H2,1-3H3. The van der Waals surface area contributed by atoms with Crippen molar-refractivity contribution in [2.24, 2.45) is 0 Å². The Labute approximate surface area is 129 Å². The summed E-state index contributed by atoms with van der Waals surface area (Å²) in [5.41, 5.74) is 2.57. The molecule has 0 spiro atoms. The number of benzene rings is 1. The van der Waals surface area contributed by atoms with E-state index >= 15 is 0 Å². The maximum Gasteiger partial charge on any atom is 0.0849 e. The molecule has 118 valence electrons. The minimum absolute atomic E-state index is 0.0801. The monoisotopic (exact) mass is 291 g/mol. The fourth-order valence-electron chi connectivity index (χ4n) is 3.10. The maximum absolute atomic E-state index is 6.07. The van der Waals surface area contributed by atoms with Gasteiger partial charge in [-0.1, -0.05) is 31.2 Å². The smallest absolute Gasteiger partial charge is 0.0849 e. The van der Waals surface area contributed by atoms with Gasteiger partial charge in [0, 0.05) is 13.7 Å². The van der Waals surface area contributed by atoms with Crippen LogP contribution in [-0.2, 0) is 15.9 Å². The van der Waals surface area contributed by atoms with Gasteiger partial charge in [-0.3, -0.25) is 0 Å². The van der Waals surface area contributed by atoms with Crippen LogP contribution in [0.4, 0.5) is 0 Å². The summed E-state index contributed by atoms with van der Waals surface area (Å²) < 4.78 is 11.2. The zero-order chi connectivity index (χ0) is 15.1. The number of nitrogens with one attached hydrogen (secondary N) is 1. The zero-order valence-corrected chi connectivity index (χ0v) is 13.7. The molecule has 0 radical (unpaired) electrons. The lowest BCUT2D eigenvalue weighted by Gasteiger charge is -2.34. The Hall–Kier alpha value is -0.900. The van der Waals surface area contributed by atoms with E-state index in [9.17, 15) is 0 Å². The Morgan fingerprint density at radius 3 is 2.67 bits per heavy atom. The molecule has 0 bridgehead atoms. The van der Waals surface area contributed by atoms with Gasteiger partial charge in [-0.05, 0) is 50.3 Å². The van der Waals surface area contributed by atoms with Gasteiger partial charge in [0.2, 0.25) is 0 Å². The van der Waals surface area contributed by atoms with Crippen molar-refractivity contribution >= 4 is 0 Å². The first-order chi connectivity index (χ1) is 10.2. The summed E-state index contributed by atoms with van der Waals surface area (Å²) in [6, 6.07) is 9.19. The zero-order valence-electron chi connectivity index (χ0n) is 13.7. The molecule has 3 nitrogen and oxygen atoms in total. The van der Waals surface area contributed by atoms with E-state index in [1.165, 1.54) is 11.1 Å². The lowest BCUT2D eigenvalue weighted by Crippen LogP contribution is -2.41. The molecule has 0 amide bonds. The molecule has 0 aliphatic carbocycles. The van der Waals surface area contributed by atoms with Crippen LogP contribution in [0.5, 0.6) is 0 Å². The van der Waals surface area contributed by atoms with Crippen molar-refractivity contribution in [1.82, 2.24) is 5.32 Å². The largest absolute Gasteiger partial charge is 0.384 e. The molecule has 2 rings (SSSR count). The molecular weight excluding hydrogens is 262 g/mol. The molecule has 1 heterocycles. The van der Waals surface area contributed by atoms with Crippen molar-refractivity contribution in [1.29, 1.82) is 0 Å². The molecule has 1 fully saturated rings. The van der Waals surface area contributed by atoms with Crippen LogP contribution in [0.25, 0.3) is 0 Å². The molecule has 3 heteroatoms. The van der Waals surface area contributed by atoms with E-state index in [0.29, 0.717) is 0 Å². The van der Waals surface area contributed by atoms with Gasteiger partial charge in [0.05, 0.1) is 18.2 Å². The first kappa shape index (κ1) is 16.5. The van der Waals surface area contributed by atoms with Crippen LogP contribution in [0.2, 0.25) is 0 Å². The highest BCUT2D eigenvalue weighted by Crippen LogP contribution is 2.37. The van der Waals surface area contributed by atoms with Gasteiger partial charge < -0.3 is 14.8 Å². The highest BCUT2D eigenvalue weighted by Gasteiger charge is 2.38. The van der Waals surface area contributed by atoms with Crippen LogP contribution in [0, 0.1) is 0 Å². The SMILES string of the molecule is CCCNC(c1ccc(CCOC)cc1)C1(C)CCCO1. The van der Waals surface area contributed by atoms with E-state index in [1.807, 2.05) is 0 Å². The lowest BCUT2D eigenvalue weighted by atomic mass is 9.87. The van der Waals surface area contributed by atoms with Crippen molar-refractivity contribution in [3.8, 4) is 0 Å². The van der Waals surface area contributed by atoms with E-state index in [0.717, 1.165) is 45.4 Å². The molecule has 21 heavy (non-hydrogen) atoms. The van der Waals surface area contributed by atoms with Crippen LogP contribution in [-0.4, -0.2) is 32.5 Å². The van der Waals surface area contributed by atoms with Crippen molar-refractivity contribution in [3.63, 3.8) is 0 Å². The molecular formula is C18H29NO2. The third kappa shape index (κ3) is 4.29. The van der Waals surface area contributed by atoms with Crippen LogP contribution in [0.1, 0.15) is 50.3 Å². The second kappa shape index (κ2) is 7.92. The van der Waals surface area contributed by atoms with Gasteiger partial charge in [-0.2, -0.15) is 0 Å². The molecule has 2 atom stereocenters. The predicted octanol–water partition coefficient (Wildman–Crippen LogP) is 3.49.